The molecule has 0 aliphatic heterocycles. The lowest BCUT2D eigenvalue weighted by molar-refractivity contribution is -0.116. The van der Waals surface area contributed by atoms with E-state index in [9.17, 15) is 9.90 Å². The first kappa shape index (κ1) is 14.2. The summed E-state index contributed by atoms with van der Waals surface area (Å²) >= 11 is 5.81. The van der Waals surface area contributed by atoms with Crippen LogP contribution >= 0.6 is 11.6 Å². The van der Waals surface area contributed by atoms with Gasteiger partial charge in [0, 0.05) is 28.7 Å². The van der Waals surface area contributed by atoms with Crippen molar-refractivity contribution in [2.75, 3.05) is 5.32 Å². The molecule has 2 N–H and O–H groups in total. The van der Waals surface area contributed by atoms with Crippen LogP contribution in [-0.2, 0) is 17.8 Å². The van der Waals surface area contributed by atoms with Crippen molar-refractivity contribution < 1.29 is 9.90 Å². The summed E-state index contributed by atoms with van der Waals surface area (Å²) in [6.45, 7) is 0.238. The van der Waals surface area contributed by atoms with E-state index in [1.807, 2.05) is 17.0 Å². The van der Waals surface area contributed by atoms with Gasteiger partial charge in [0.05, 0.1) is 6.10 Å². The lowest BCUT2D eigenvalue weighted by atomic mass is 9.93. The quantitative estimate of drug-likeness (QED) is 0.915. The van der Waals surface area contributed by atoms with E-state index in [-0.39, 0.29) is 12.5 Å². The molecule has 21 heavy (non-hydrogen) atoms. The van der Waals surface area contributed by atoms with Crippen LogP contribution in [0.25, 0.3) is 0 Å². The van der Waals surface area contributed by atoms with Crippen LogP contribution in [0, 0.1) is 0 Å². The van der Waals surface area contributed by atoms with E-state index < -0.39 is 6.10 Å². The van der Waals surface area contributed by atoms with Gasteiger partial charge in [0.2, 0.25) is 5.91 Å². The predicted octanol–water partition coefficient (Wildman–Crippen LogP) is 3.15. The minimum Gasteiger partial charge on any atom is -0.388 e. The molecule has 2 aromatic rings. The van der Waals surface area contributed by atoms with Crippen molar-refractivity contribution in [1.29, 1.82) is 0 Å². The molecule has 0 saturated heterocycles. The van der Waals surface area contributed by atoms with Crippen LogP contribution in [0.1, 0.15) is 30.1 Å². The van der Waals surface area contributed by atoms with Crippen LogP contribution in [0.4, 0.5) is 5.69 Å². The van der Waals surface area contributed by atoms with Gasteiger partial charge >= 0.3 is 0 Å². The van der Waals surface area contributed by atoms with E-state index in [4.69, 9.17) is 11.6 Å². The van der Waals surface area contributed by atoms with Gasteiger partial charge < -0.3 is 15.0 Å². The number of anilines is 1. The lowest BCUT2D eigenvalue weighted by Gasteiger charge is -2.16. The van der Waals surface area contributed by atoms with Crippen molar-refractivity contribution in [3.63, 3.8) is 0 Å². The third-order valence-corrected chi connectivity index (χ3v) is 3.99. The SMILES string of the molecule is O=C(Cn1cc2c(c1)C(O)CCC2)Nc1ccc(Cl)cc1. The molecule has 1 aliphatic rings. The largest absolute Gasteiger partial charge is 0.388 e. The van der Waals surface area contributed by atoms with Crippen LogP contribution in [0.15, 0.2) is 36.7 Å². The average molecular weight is 305 g/mol. The van der Waals surface area contributed by atoms with E-state index >= 15 is 0 Å². The fraction of sp³-hybridized carbons (Fsp3) is 0.312. The molecular weight excluding hydrogens is 288 g/mol. The van der Waals surface area contributed by atoms with Gasteiger partial charge in [-0.2, -0.15) is 0 Å². The van der Waals surface area contributed by atoms with Crippen LogP contribution < -0.4 is 5.32 Å². The number of nitrogens with one attached hydrogen (secondary N) is 1. The first-order valence-corrected chi connectivity index (χ1v) is 7.41. The van der Waals surface area contributed by atoms with E-state index in [0.29, 0.717) is 5.02 Å². The Balaban J connectivity index is 1.66. The molecule has 110 valence electrons. The van der Waals surface area contributed by atoms with Crippen molar-refractivity contribution in [3.8, 4) is 0 Å². The zero-order valence-electron chi connectivity index (χ0n) is 11.6. The number of halogens is 1. The van der Waals surface area contributed by atoms with Gasteiger partial charge in [0.15, 0.2) is 0 Å². The fourth-order valence-electron chi connectivity index (χ4n) is 2.71. The number of fused-ring (bicyclic) bond motifs is 1. The number of amides is 1. The third kappa shape index (κ3) is 3.28. The molecular formula is C16H17ClN2O2. The molecule has 1 unspecified atom stereocenters. The molecule has 0 fully saturated rings. The zero-order valence-corrected chi connectivity index (χ0v) is 12.3. The van der Waals surface area contributed by atoms with Crippen LogP contribution in [0.5, 0.6) is 0 Å². The molecule has 0 bridgehead atoms. The average Bonchev–Trinajstić information content (AvgIpc) is 2.85. The van der Waals surface area contributed by atoms with E-state index in [0.717, 1.165) is 36.1 Å². The molecule has 1 aromatic heterocycles. The number of aryl methyl sites for hydroxylation is 1. The van der Waals surface area contributed by atoms with Crippen molar-refractivity contribution >= 4 is 23.2 Å². The number of carbonyl (C=O) groups is 1. The van der Waals surface area contributed by atoms with Crippen molar-refractivity contribution in [3.05, 3.63) is 52.8 Å². The second kappa shape index (κ2) is 5.92. The van der Waals surface area contributed by atoms with E-state index in [1.165, 1.54) is 0 Å². The number of hydrogen-bond donors (Lipinski definition) is 2. The summed E-state index contributed by atoms with van der Waals surface area (Å²) in [5, 5.41) is 13.4. The number of benzene rings is 1. The van der Waals surface area contributed by atoms with Crippen molar-refractivity contribution in [1.82, 2.24) is 4.57 Å². The second-order valence-corrected chi connectivity index (χ2v) is 5.81. The van der Waals surface area contributed by atoms with Crippen molar-refractivity contribution in [2.24, 2.45) is 0 Å². The van der Waals surface area contributed by atoms with Crippen LogP contribution in [-0.4, -0.2) is 15.6 Å². The Bertz CT molecular complexity index is 649. The van der Waals surface area contributed by atoms with Gasteiger partial charge in [0.1, 0.15) is 6.54 Å². The molecule has 5 heteroatoms. The minimum absolute atomic E-state index is 0.0980. The normalized spacial score (nSPS) is 17.3. The smallest absolute Gasteiger partial charge is 0.244 e. The molecule has 1 heterocycles. The Hall–Kier alpha value is -1.78. The number of carbonyl (C=O) groups excluding carboxylic acids is 1. The van der Waals surface area contributed by atoms with Gasteiger partial charge in [-0.25, -0.2) is 0 Å². The number of nitrogens with zero attached hydrogens (tertiary/aromatic N) is 1. The molecule has 1 aromatic carbocycles. The second-order valence-electron chi connectivity index (χ2n) is 5.37. The molecule has 0 saturated carbocycles. The zero-order chi connectivity index (χ0) is 14.8. The van der Waals surface area contributed by atoms with E-state index in [2.05, 4.69) is 5.32 Å². The number of rotatable bonds is 3. The third-order valence-electron chi connectivity index (χ3n) is 3.73. The standard InChI is InChI=1S/C16H17ClN2O2/c17-12-4-6-13(7-5-12)18-16(21)10-19-8-11-2-1-3-15(20)14(11)9-19/h4-9,15,20H,1-3,10H2,(H,18,21). The van der Waals surface area contributed by atoms with Crippen LogP contribution in [0.2, 0.25) is 5.02 Å². The number of hydrogen-bond acceptors (Lipinski definition) is 2. The Morgan fingerprint density at radius 1 is 1.33 bits per heavy atom. The first-order chi connectivity index (χ1) is 10.1. The summed E-state index contributed by atoms with van der Waals surface area (Å²) in [5.41, 5.74) is 2.83. The fourth-order valence-corrected chi connectivity index (χ4v) is 2.84. The minimum atomic E-state index is -0.394. The summed E-state index contributed by atoms with van der Waals surface area (Å²) in [4.78, 5) is 12.0. The predicted molar refractivity (Wildman–Crippen MR) is 82.4 cm³/mol. The van der Waals surface area contributed by atoms with Gasteiger partial charge in [-0.3, -0.25) is 4.79 Å². The summed E-state index contributed by atoms with van der Waals surface area (Å²) in [7, 11) is 0. The first-order valence-electron chi connectivity index (χ1n) is 7.04. The Labute approximate surface area is 128 Å². The maximum Gasteiger partial charge on any atom is 0.244 e. The number of aliphatic hydroxyl groups excluding tert-OH is 1. The Morgan fingerprint density at radius 2 is 2.10 bits per heavy atom. The highest BCUT2D eigenvalue weighted by Gasteiger charge is 2.20. The van der Waals surface area contributed by atoms with Crippen molar-refractivity contribution in [2.45, 2.75) is 31.9 Å². The number of aromatic nitrogens is 1. The molecule has 1 atom stereocenters. The molecule has 3 rings (SSSR count). The van der Waals surface area contributed by atoms with Gasteiger partial charge in [-0.1, -0.05) is 11.6 Å². The monoisotopic (exact) mass is 304 g/mol. The summed E-state index contributed by atoms with van der Waals surface area (Å²) in [6, 6.07) is 7.01. The van der Waals surface area contributed by atoms with Gasteiger partial charge in [0.25, 0.3) is 0 Å². The highest BCUT2D eigenvalue weighted by molar-refractivity contribution is 6.30. The molecule has 1 amide bonds. The maximum atomic E-state index is 12.0. The molecule has 4 nitrogen and oxygen atoms in total. The molecule has 0 spiro atoms. The Morgan fingerprint density at radius 3 is 2.81 bits per heavy atom. The summed E-state index contributed by atoms with van der Waals surface area (Å²) in [5.74, 6) is -0.0980. The molecule has 0 radical (unpaired) electrons. The van der Waals surface area contributed by atoms with Gasteiger partial charge in [-0.05, 0) is 49.1 Å². The topological polar surface area (TPSA) is 54.3 Å². The summed E-state index contributed by atoms with van der Waals surface area (Å²) in [6.07, 6.45) is 6.20. The maximum absolute atomic E-state index is 12.0. The highest BCUT2D eigenvalue weighted by atomic mass is 35.5. The molecule has 1 aliphatic carbocycles. The highest BCUT2D eigenvalue weighted by Crippen LogP contribution is 2.30. The van der Waals surface area contributed by atoms with Gasteiger partial charge in [-0.15, -0.1) is 0 Å². The number of aliphatic hydroxyl groups is 1. The van der Waals surface area contributed by atoms with E-state index in [1.54, 1.807) is 24.3 Å². The summed E-state index contributed by atoms with van der Waals surface area (Å²) < 4.78 is 1.84. The Kier molecular flexibility index (Phi) is 3.99. The van der Waals surface area contributed by atoms with Crippen LogP contribution in [0.3, 0.4) is 0 Å². The lowest BCUT2D eigenvalue weighted by Crippen LogP contribution is -2.17.